The Bertz CT molecular complexity index is 719. The second-order valence-electron chi connectivity index (χ2n) is 5.69. The van der Waals surface area contributed by atoms with E-state index in [-0.39, 0.29) is 11.6 Å². The van der Waals surface area contributed by atoms with Crippen LogP contribution in [0.15, 0.2) is 36.5 Å². The Morgan fingerprint density at radius 2 is 1.95 bits per heavy atom. The number of aromatic amines is 1. The fourth-order valence-corrected chi connectivity index (χ4v) is 2.59. The third kappa shape index (κ3) is 1.91. The maximum absolute atomic E-state index is 12.4. The van der Waals surface area contributed by atoms with Crippen molar-refractivity contribution in [3.63, 3.8) is 0 Å². The van der Waals surface area contributed by atoms with Gasteiger partial charge in [-0.1, -0.05) is 19.9 Å². The molecule has 1 aliphatic rings. The van der Waals surface area contributed by atoms with Crippen LogP contribution in [0, 0.1) is 5.41 Å². The molecule has 0 atom stereocenters. The Morgan fingerprint density at radius 1 is 1.16 bits per heavy atom. The van der Waals surface area contributed by atoms with Gasteiger partial charge in [0.15, 0.2) is 11.6 Å². The van der Waals surface area contributed by atoms with Gasteiger partial charge in [-0.05, 0) is 35.2 Å². The van der Waals surface area contributed by atoms with Crippen LogP contribution in [0.4, 0.5) is 0 Å². The molecule has 1 aliphatic carbocycles. The molecule has 19 heavy (non-hydrogen) atoms. The Kier molecular flexibility index (Phi) is 2.45. The minimum atomic E-state index is -0.603. The van der Waals surface area contributed by atoms with E-state index >= 15 is 0 Å². The zero-order chi connectivity index (χ0) is 13.6. The monoisotopic (exact) mass is 253 g/mol. The second kappa shape index (κ2) is 3.92. The summed E-state index contributed by atoms with van der Waals surface area (Å²) in [5.41, 5.74) is 1.77. The molecule has 0 aliphatic heterocycles. The maximum Gasteiger partial charge on any atom is 0.169 e. The number of nitrogens with one attached hydrogen (secondary N) is 1. The van der Waals surface area contributed by atoms with E-state index in [4.69, 9.17) is 0 Å². The molecule has 3 heteroatoms. The fourth-order valence-electron chi connectivity index (χ4n) is 2.59. The van der Waals surface area contributed by atoms with Crippen molar-refractivity contribution in [1.82, 2.24) is 4.98 Å². The van der Waals surface area contributed by atoms with Crippen LogP contribution in [0.5, 0.6) is 0 Å². The summed E-state index contributed by atoms with van der Waals surface area (Å²) in [6.07, 6.45) is 3.64. The van der Waals surface area contributed by atoms with Crippen molar-refractivity contribution in [3.8, 4) is 0 Å². The number of fused-ring (bicyclic) bond motifs is 1. The number of H-pyrrole nitrogens is 1. The van der Waals surface area contributed by atoms with Crippen LogP contribution in [-0.2, 0) is 9.59 Å². The molecule has 0 fully saturated rings. The van der Waals surface area contributed by atoms with Crippen LogP contribution in [-0.4, -0.2) is 16.6 Å². The van der Waals surface area contributed by atoms with E-state index in [1.54, 1.807) is 0 Å². The molecule has 3 rings (SSSR count). The van der Waals surface area contributed by atoms with Crippen molar-refractivity contribution in [1.29, 1.82) is 0 Å². The summed E-state index contributed by atoms with van der Waals surface area (Å²) in [6, 6.07) is 7.73. The predicted octanol–water partition coefficient (Wildman–Crippen LogP) is 3.12. The minimum Gasteiger partial charge on any atom is -0.361 e. The average Bonchev–Trinajstić information content (AvgIpc) is 2.80. The zero-order valence-electron chi connectivity index (χ0n) is 11.0. The largest absolute Gasteiger partial charge is 0.361 e. The van der Waals surface area contributed by atoms with Gasteiger partial charge in [0.25, 0.3) is 0 Å². The smallest absolute Gasteiger partial charge is 0.169 e. The highest BCUT2D eigenvalue weighted by molar-refractivity contribution is 6.30. The standard InChI is InChI=1S/C16H15NO2/c1-16(2)9-12(18)8-13(15(16)19)10-3-4-14-11(7-10)5-6-17-14/h3-8,17H,9H2,1-2H3. The molecule has 0 saturated heterocycles. The van der Waals surface area contributed by atoms with Gasteiger partial charge in [-0.3, -0.25) is 9.59 Å². The predicted molar refractivity (Wildman–Crippen MR) is 74.7 cm³/mol. The number of carbonyl (C=O) groups is 2. The quantitative estimate of drug-likeness (QED) is 0.848. The Balaban J connectivity index is 2.14. The number of rotatable bonds is 1. The van der Waals surface area contributed by atoms with Gasteiger partial charge < -0.3 is 4.98 Å². The fraction of sp³-hybridized carbons (Fsp3) is 0.250. The van der Waals surface area contributed by atoms with Crippen LogP contribution >= 0.6 is 0 Å². The van der Waals surface area contributed by atoms with E-state index in [2.05, 4.69) is 4.98 Å². The van der Waals surface area contributed by atoms with Gasteiger partial charge in [0.05, 0.1) is 0 Å². The van der Waals surface area contributed by atoms with Crippen LogP contribution in [0.1, 0.15) is 25.8 Å². The summed E-state index contributed by atoms with van der Waals surface area (Å²) in [4.78, 5) is 27.3. The highest BCUT2D eigenvalue weighted by Crippen LogP contribution is 2.35. The van der Waals surface area contributed by atoms with E-state index in [1.807, 2.05) is 44.3 Å². The Hall–Kier alpha value is -2.16. The van der Waals surface area contributed by atoms with Crippen molar-refractivity contribution in [2.24, 2.45) is 5.41 Å². The van der Waals surface area contributed by atoms with Crippen LogP contribution in [0.2, 0.25) is 0 Å². The lowest BCUT2D eigenvalue weighted by Gasteiger charge is -2.27. The molecule has 1 heterocycles. The molecule has 96 valence electrons. The van der Waals surface area contributed by atoms with Crippen molar-refractivity contribution in [3.05, 3.63) is 42.1 Å². The molecule has 3 nitrogen and oxygen atoms in total. The topological polar surface area (TPSA) is 49.9 Å². The van der Waals surface area contributed by atoms with E-state index in [0.29, 0.717) is 12.0 Å². The molecule has 0 saturated carbocycles. The second-order valence-corrected chi connectivity index (χ2v) is 5.69. The third-order valence-electron chi connectivity index (χ3n) is 3.65. The number of ketones is 2. The summed E-state index contributed by atoms with van der Waals surface area (Å²) in [6.45, 7) is 3.66. The molecule has 0 spiro atoms. The number of carbonyl (C=O) groups excluding carboxylic acids is 2. The molecule has 0 amide bonds. The number of aromatic nitrogens is 1. The Morgan fingerprint density at radius 3 is 2.74 bits per heavy atom. The highest BCUT2D eigenvalue weighted by Gasteiger charge is 2.36. The molecule has 1 N–H and O–H groups in total. The van der Waals surface area contributed by atoms with Crippen molar-refractivity contribution in [2.75, 3.05) is 0 Å². The van der Waals surface area contributed by atoms with Gasteiger partial charge in [-0.25, -0.2) is 0 Å². The molecule has 1 aromatic carbocycles. The molecule has 2 aromatic rings. The molecule has 0 unspecified atom stereocenters. The lowest BCUT2D eigenvalue weighted by atomic mass is 9.74. The van der Waals surface area contributed by atoms with Crippen molar-refractivity contribution < 1.29 is 9.59 Å². The number of benzene rings is 1. The van der Waals surface area contributed by atoms with E-state index < -0.39 is 5.41 Å². The SMILES string of the molecule is CC1(C)CC(=O)C=C(c2ccc3[nH]ccc3c2)C1=O. The first-order valence-corrected chi connectivity index (χ1v) is 6.34. The van der Waals surface area contributed by atoms with Crippen LogP contribution in [0.25, 0.3) is 16.5 Å². The van der Waals surface area contributed by atoms with Crippen molar-refractivity contribution >= 4 is 28.0 Å². The van der Waals surface area contributed by atoms with E-state index in [9.17, 15) is 9.59 Å². The average molecular weight is 253 g/mol. The normalized spacial score (nSPS) is 18.7. The van der Waals surface area contributed by atoms with Gasteiger partial charge in [0.2, 0.25) is 0 Å². The minimum absolute atomic E-state index is 0.0220. The van der Waals surface area contributed by atoms with Crippen LogP contribution < -0.4 is 0 Å². The molecule has 1 aromatic heterocycles. The summed E-state index contributed by atoms with van der Waals surface area (Å²) in [7, 11) is 0. The van der Waals surface area contributed by atoms with Gasteiger partial charge in [-0.2, -0.15) is 0 Å². The Labute approximate surface area is 111 Å². The zero-order valence-corrected chi connectivity index (χ0v) is 11.0. The number of hydrogen-bond acceptors (Lipinski definition) is 2. The van der Waals surface area contributed by atoms with Gasteiger partial charge in [-0.15, -0.1) is 0 Å². The maximum atomic E-state index is 12.4. The van der Waals surface area contributed by atoms with Gasteiger partial charge in [0.1, 0.15) is 0 Å². The van der Waals surface area contributed by atoms with Crippen LogP contribution in [0.3, 0.4) is 0 Å². The molecule has 0 radical (unpaired) electrons. The number of Topliss-reactive ketones (excluding diaryl/α,β-unsaturated/α-hetero) is 1. The first-order valence-electron chi connectivity index (χ1n) is 6.34. The number of allylic oxidation sites excluding steroid dienone is 2. The highest BCUT2D eigenvalue weighted by atomic mass is 16.1. The lowest BCUT2D eigenvalue weighted by Crippen LogP contribution is -2.31. The summed E-state index contributed by atoms with van der Waals surface area (Å²) >= 11 is 0. The summed E-state index contributed by atoms with van der Waals surface area (Å²) in [5, 5.41) is 1.04. The molecular formula is C16H15NO2. The van der Waals surface area contributed by atoms with E-state index in [0.717, 1.165) is 16.5 Å². The molecule has 0 bridgehead atoms. The van der Waals surface area contributed by atoms with Gasteiger partial charge in [0, 0.05) is 29.1 Å². The summed E-state index contributed by atoms with van der Waals surface area (Å²) in [5.74, 6) is 0.0655. The van der Waals surface area contributed by atoms with Crippen molar-refractivity contribution in [2.45, 2.75) is 20.3 Å². The first-order chi connectivity index (χ1) is 8.97. The van der Waals surface area contributed by atoms with E-state index in [1.165, 1.54) is 6.08 Å². The lowest BCUT2D eigenvalue weighted by molar-refractivity contribution is -0.127. The first kappa shape index (κ1) is 11.9. The summed E-state index contributed by atoms with van der Waals surface area (Å²) < 4.78 is 0. The molecular weight excluding hydrogens is 238 g/mol. The number of hydrogen-bond donors (Lipinski definition) is 1. The van der Waals surface area contributed by atoms with Gasteiger partial charge >= 0.3 is 0 Å². The third-order valence-corrected chi connectivity index (χ3v) is 3.65.